The van der Waals surface area contributed by atoms with E-state index in [-0.39, 0.29) is 0 Å². The summed E-state index contributed by atoms with van der Waals surface area (Å²) in [5.74, 6) is 1.09. The molecule has 0 aliphatic carbocycles. The van der Waals surface area contributed by atoms with Crippen molar-refractivity contribution in [2.45, 2.75) is 67.6 Å². The lowest BCUT2D eigenvalue weighted by Crippen LogP contribution is -2.41. The molecule has 86 valence electrons. The zero-order chi connectivity index (χ0) is 11.7. The predicted molar refractivity (Wildman–Crippen MR) is 65.4 cm³/mol. The van der Waals surface area contributed by atoms with Gasteiger partial charge >= 0.3 is 0 Å². The predicted octanol–water partition coefficient (Wildman–Crippen LogP) is 3.03. The summed E-state index contributed by atoms with van der Waals surface area (Å²) in [6.45, 7) is 16.5. The average Bonchev–Trinajstić information content (AvgIpc) is 2.52. The molecule has 0 fully saturated rings. The lowest BCUT2D eigenvalue weighted by atomic mass is 10.3. The summed E-state index contributed by atoms with van der Waals surface area (Å²) in [5.41, 5.74) is 3.01. The molecule has 1 aliphatic rings. The topological polar surface area (TPSA) is 27.6 Å². The molecule has 0 aromatic heterocycles. The van der Waals surface area contributed by atoms with E-state index in [1.54, 1.807) is 0 Å². The Morgan fingerprint density at radius 1 is 1.21 bits per heavy atom. The third-order valence-electron chi connectivity index (χ3n) is 1.76. The highest BCUT2D eigenvalue weighted by Gasteiger charge is 2.22. The molecular formula is C11H27N3. The van der Waals surface area contributed by atoms with Crippen molar-refractivity contribution in [3.05, 3.63) is 0 Å². The molecule has 1 heterocycles. The second-order valence-corrected chi connectivity index (χ2v) is 2.97. The fraction of sp³-hybridized carbons (Fsp3) is 0.909. The second-order valence-electron chi connectivity index (χ2n) is 2.97. The van der Waals surface area contributed by atoms with Crippen LogP contribution in [0.3, 0.4) is 0 Å². The average molecular weight is 201 g/mol. The van der Waals surface area contributed by atoms with Crippen molar-refractivity contribution in [3.63, 3.8) is 0 Å². The Bertz CT molecular complexity index is 153. The van der Waals surface area contributed by atoms with Crippen molar-refractivity contribution in [1.82, 2.24) is 10.3 Å². The monoisotopic (exact) mass is 201 g/mol. The fourth-order valence-corrected chi connectivity index (χ4v) is 1.41. The first-order valence-corrected chi connectivity index (χ1v) is 5.71. The minimum absolute atomic E-state index is 0.361. The summed E-state index contributed by atoms with van der Waals surface area (Å²) in [7, 11) is 0. The Labute approximate surface area is 89.6 Å². The minimum atomic E-state index is 0.361. The van der Waals surface area contributed by atoms with Crippen LogP contribution in [0.2, 0.25) is 0 Å². The summed E-state index contributed by atoms with van der Waals surface area (Å²) in [4.78, 5) is 2.25. The van der Waals surface area contributed by atoms with E-state index in [1.165, 1.54) is 0 Å². The van der Waals surface area contributed by atoms with Gasteiger partial charge in [-0.15, -0.1) is 0 Å². The van der Waals surface area contributed by atoms with Gasteiger partial charge in [0.15, 0.2) is 0 Å². The van der Waals surface area contributed by atoms with E-state index >= 15 is 0 Å². The Kier molecular flexibility index (Phi) is 9.94. The van der Waals surface area contributed by atoms with Gasteiger partial charge in [-0.1, -0.05) is 27.7 Å². The van der Waals surface area contributed by atoms with Crippen LogP contribution in [0.5, 0.6) is 0 Å². The largest absolute Gasteiger partial charge is 0.335 e. The van der Waals surface area contributed by atoms with Gasteiger partial charge < -0.3 is 4.90 Å². The van der Waals surface area contributed by atoms with Crippen LogP contribution in [0.4, 0.5) is 0 Å². The van der Waals surface area contributed by atoms with Gasteiger partial charge in [-0.05, 0) is 27.7 Å². The lowest BCUT2D eigenvalue weighted by molar-refractivity contribution is 0.271. The van der Waals surface area contributed by atoms with Crippen LogP contribution < -0.4 is 5.43 Å². The van der Waals surface area contributed by atoms with E-state index in [0.29, 0.717) is 12.2 Å². The van der Waals surface area contributed by atoms with Crippen molar-refractivity contribution >= 4 is 5.84 Å². The molecular weight excluding hydrogens is 174 g/mol. The van der Waals surface area contributed by atoms with Crippen molar-refractivity contribution < 1.29 is 0 Å². The lowest BCUT2D eigenvalue weighted by Gasteiger charge is -2.27. The Hall–Kier alpha value is -0.730. The van der Waals surface area contributed by atoms with Gasteiger partial charge in [-0.3, -0.25) is 5.43 Å². The number of hydrazone groups is 1. The van der Waals surface area contributed by atoms with E-state index in [2.05, 4.69) is 36.2 Å². The van der Waals surface area contributed by atoms with Gasteiger partial charge in [0.1, 0.15) is 12.0 Å². The van der Waals surface area contributed by atoms with Crippen LogP contribution in [-0.4, -0.2) is 22.9 Å². The van der Waals surface area contributed by atoms with E-state index < -0.39 is 0 Å². The molecule has 0 aromatic rings. The standard InChI is InChI=1S/C7H15N3.2C2H6/c1-5(2)10-6(3)8-9-7(10)4;2*1-2/h5-6,8H,1-4H3;2*1-2H3. The molecule has 0 saturated heterocycles. The number of hydrogen-bond donors (Lipinski definition) is 1. The maximum absolute atomic E-state index is 4.11. The highest BCUT2D eigenvalue weighted by Crippen LogP contribution is 2.09. The van der Waals surface area contributed by atoms with E-state index in [4.69, 9.17) is 0 Å². The van der Waals surface area contributed by atoms with E-state index in [9.17, 15) is 0 Å². The first kappa shape index (κ1) is 15.7. The van der Waals surface area contributed by atoms with Gasteiger partial charge in [0, 0.05) is 6.04 Å². The molecule has 0 radical (unpaired) electrons. The Balaban J connectivity index is 0. The molecule has 0 amide bonds. The van der Waals surface area contributed by atoms with E-state index in [1.807, 2.05) is 34.6 Å². The molecule has 1 aliphatic heterocycles. The summed E-state index contributed by atoms with van der Waals surface area (Å²) < 4.78 is 0. The number of nitrogens with zero attached hydrogens (tertiary/aromatic N) is 2. The van der Waals surface area contributed by atoms with E-state index in [0.717, 1.165) is 5.84 Å². The maximum atomic E-state index is 4.11. The molecule has 0 spiro atoms. The summed E-state index contributed by atoms with van der Waals surface area (Å²) in [6, 6.07) is 0.536. The number of rotatable bonds is 1. The van der Waals surface area contributed by atoms with Crippen LogP contribution >= 0.6 is 0 Å². The van der Waals surface area contributed by atoms with Crippen molar-refractivity contribution in [3.8, 4) is 0 Å². The molecule has 14 heavy (non-hydrogen) atoms. The molecule has 0 bridgehead atoms. The number of hydrogen-bond acceptors (Lipinski definition) is 3. The minimum Gasteiger partial charge on any atom is -0.335 e. The molecule has 1 rings (SSSR count). The zero-order valence-corrected chi connectivity index (χ0v) is 11.0. The highest BCUT2D eigenvalue weighted by atomic mass is 15.5. The Morgan fingerprint density at radius 3 is 1.79 bits per heavy atom. The van der Waals surface area contributed by atoms with Gasteiger partial charge in [-0.2, -0.15) is 5.10 Å². The third kappa shape index (κ3) is 4.49. The first-order chi connectivity index (χ1) is 6.63. The first-order valence-electron chi connectivity index (χ1n) is 5.71. The molecule has 1 atom stereocenters. The van der Waals surface area contributed by atoms with Crippen LogP contribution in [0.1, 0.15) is 55.4 Å². The van der Waals surface area contributed by atoms with Gasteiger partial charge in [0.2, 0.25) is 0 Å². The smallest absolute Gasteiger partial charge is 0.123 e. The van der Waals surface area contributed by atoms with Crippen molar-refractivity contribution in [1.29, 1.82) is 0 Å². The second kappa shape index (κ2) is 8.85. The molecule has 3 heteroatoms. The normalized spacial score (nSPS) is 18.8. The van der Waals surface area contributed by atoms with Gasteiger partial charge in [-0.25, -0.2) is 0 Å². The zero-order valence-electron chi connectivity index (χ0n) is 11.0. The highest BCUT2D eigenvalue weighted by molar-refractivity contribution is 5.81. The summed E-state index contributed by atoms with van der Waals surface area (Å²) in [5, 5.41) is 4.11. The molecule has 0 saturated carbocycles. The van der Waals surface area contributed by atoms with Gasteiger partial charge in [0.25, 0.3) is 0 Å². The SMILES string of the molecule is CC.CC.CC1=NNC(C)N1C(C)C. The van der Waals surface area contributed by atoms with Crippen LogP contribution in [0.15, 0.2) is 5.10 Å². The number of nitrogens with one attached hydrogen (secondary N) is 1. The third-order valence-corrected chi connectivity index (χ3v) is 1.76. The fourth-order valence-electron chi connectivity index (χ4n) is 1.41. The summed E-state index contributed by atoms with van der Waals surface area (Å²) in [6.07, 6.45) is 0.361. The maximum Gasteiger partial charge on any atom is 0.123 e. The summed E-state index contributed by atoms with van der Waals surface area (Å²) >= 11 is 0. The molecule has 0 aromatic carbocycles. The van der Waals surface area contributed by atoms with Crippen LogP contribution in [-0.2, 0) is 0 Å². The van der Waals surface area contributed by atoms with Crippen LogP contribution in [0, 0.1) is 0 Å². The van der Waals surface area contributed by atoms with Crippen LogP contribution in [0.25, 0.3) is 0 Å². The van der Waals surface area contributed by atoms with Gasteiger partial charge in [0.05, 0.1) is 0 Å². The Morgan fingerprint density at radius 2 is 1.64 bits per heavy atom. The molecule has 1 N–H and O–H groups in total. The van der Waals surface area contributed by atoms with Crippen molar-refractivity contribution in [2.24, 2.45) is 5.10 Å². The molecule has 3 nitrogen and oxygen atoms in total. The molecule has 1 unspecified atom stereocenters. The van der Waals surface area contributed by atoms with Crippen molar-refractivity contribution in [2.75, 3.05) is 0 Å². The quantitative estimate of drug-likeness (QED) is 0.706. The number of amidine groups is 1.